The Kier molecular flexibility index (Phi) is 5.55. The van der Waals surface area contributed by atoms with Crippen LogP contribution < -0.4 is 9.64 Å². The third-order valence-electron chi connectivity index (χ3n) is 3.07. The van der Waals surface area contributed by atoms with E-state index in [9.17, 15) is 5.11 Å². The van der Waals surface area contributed by atoms with Crippen LogP contribution >= 0.6 is 11.3 Å². The lowest BCUT2D eigenvalue weighted by Gasteiger charge is -2.16. The third-order valence-corrected chi connectivity index (χ3v) is 4.27. The summed E-state index contributed by atoms with van der Waals surface area (Å²) in [6.45, 7) is 1.13. The summed E-state index contributed by atoms with van der Waals surface area (Å²) in [6, 6.07) is 7.95. The summed E-state index contributed by atoms with van der Waals surface area (Å²) < 4.78 is 10.3. The third kappa shape index (κ3) is 3.93. The molecule has 114 valence electrons. The second-order valence-electron chi connectivity index (χ2n) is 4.67. The minimum Gasteiger partial charge on any atom is -0.497 e. The molecule has 0 amide bonds. The number of hydrogen-bond acceptors (Lipinski definition) is 6. The fourth-order valence-electron chi connectivity index (χ4n) is 2.02. The molecule has 2 aromatic rings. The van der Waals surface area contributed by atoms with E-state index in [0.29, 0.717) is 6.61 Å². The zero-order chi connectivity index (χ0) is 15.2. The number of methoxy groups -OCH3 is 2. The van der Waals surface area contributed by atoms with Crippen molar-refractivity contribution >= 4 is 16.5 Å². The first-order valence-electron chi connectivity index (χ1n) is 6.60. The highest BCUT2D eigenvalue weighted by Crippen LogP contribution is 2.27. The molecule has 1 N–H and O–H groups in total. The number of hydrogen-bond donors (Lipinski definition) is 1. The number of ether oxygens (including phenoxy) is 2. The summed E-state index contributed by atoms with van der Waals surface area (Å²) in [6.07, 6.45) is 0. The molecule has 0 unspecified atom stereocenters. The highest BCUT2D eigenvalue weighted by molar-refractivity contribution is 7.15. The largest absolute Gasteiger partial charge is 0.497 e. The van der Waals surface area contributed by atoms with Crippen molar-refractivity contribution in [1.29, 1.82) is 0 Å². The second kappa shape index (κ2) is 7.40. The van der Waals surface area contributed by atoms with Gasteiger partial charge in [0.1, 0.15) is 5.75 Å². The number of rotatable bonds is 7. The van der Waals surface area contributed by atoms with E-state index >= 15 is 0 Å². The number of aromatic nitrogens is 1. The Bertz CT molecular complexity index is 586. The molecule has 0 spiro atoms. The first-order valence-corrected chi connectivity index (χ1v) is 7.42. The van der Waals surface area contributed by atoms with E-state index in [0.717, 1.165) is 33.6 Å². The van der Waals surface area contributed by atoms with Crippen molar-refractivity contribution in [3.8, 4) is 5.75 Å². The van der Waals surface area contributed by atoms with E-state index in [1.54, 1.807) is 14.2 Å². The van der Waals surface area contributed by atoms with E-state index in [-0.39, 0.29) is 6.61 Å². The lowest BCUT2D eigenvalue weighted by molar-refractivity contribution is 0.179. The van der Waals surface area contributed by atoms with E-state index in [1.165, 1.54) is 11.3 Å². The average molecular weight is 308 g/mol. The summed E-state index contributed by atoms with van der Waals surface area (Å²) in [5.41, 5.74) is 1.95. The maximum absolute atomic E-state index is 9.38. The average Bonchev–Trinajstić information content (AvgIpc) is 2.91. The molecule has 21 heavy (non-hydrogen) atoms. The van der Waals surface area contributed by atoms with Gasteiger partial charge >= 0.3 is 0 Å². The van der Waals surface area contributed by atoms with Crippen LogP contribution in [0.1, 0.15) is 16.1 Å². The Hall–Kier alpha value is -1.63. The van der Waals surface area contributed by atoms with Crippen molar-refractivity contribution in [1.82, 2.24) is 4.98 Å². The van der Waals surface area contributed by atoms with E-state index in [2.05, 4.69) is 16.0 Å². The molecular weight excluding hydrogens is 288 g/mol. The van der Waals surface area contributed by atoms with Gasteiger partial charge < -0.3 is 19.5 Å². The quantitative estimate of drug-likeness (QED) is 0.851. The molecule has 1 aromatic heterocycles. The van der Waals surface area contributed by atoms with Gasteiger partial charge in [-0.3, -0.25) is 0 Å². The lowest BCUT2D eigenvalue weighted by Crippen LogP contribution is -2.16. The normalized spacial score (nSPS) is 10.7. The van der Waals surface area contributed by atoms with Crippen LogP contribution in [0.3, 0.4) is 0 Å². The molecule has 1 heterocycles. The fraction of sp³-hybridized carbons (Fsp3) is 0.400. The Labute approximate surface area is 128 Å². The van der Waals surface area contributed by atoms with Gasteiger partial charge in [0.05, 0.1) is 30.9 Å². The first kappa shape index (κ1) is 15.8. The zero-order valence-electron chi connectivity index (χ0n) is 12.5. The zero-order valence-corrected chi connectivity index (χ0v) is 13.3. The Balaban J connectivity index is 2.13. The molecule has 0 bridgehead atoms. The standard InChI is InChI=1S/C15H20N2O3S/c1-17(8-11-5-4-6-12(7-11)20-3)15-16-13(10-19-2)14(9-18)21-15/h4-7,18H,8-10H2,1-3H3. The summed E-state index contributed by atoms with van der Waals surface area (Å²) in [5, 5.41) is 10.2. The van der Waals surface area contributed by atoms with Crippen molar-refractivity contribution in [3.05, 3.63) is 40.4 Å². The van der Waals surface area contributed by atoms with Gasteiger partial charge in [0.2, 0.25) is 0 Å². The second-order valence-corrected chi connectivity index (χ2v) is 5.73. The molecule has 0 saturated heterocycles. The summed E-state index contributed by atoms with van der Waals surface area (Å²) >= 11 is 1.49. The van der Waals surface area contributed by atoms with Crippen molar-refractivity contribution in [2.75, 3.05) is 26.2 Å². The van der Waals surface area contributed by atoms with Gasteiger partial charge in [-0.15, -0.1) is 0 Å². The minimum atomic E-state index is -0.0106. The van der Waals surface area contributed by atoms with E-state index in [1.807, 2.05) is 25.2 Å². The topological polar surface area (TPSA) is 54.8 Å². The monoisotopic (exact) mass is 308 g/mol. The Morgan fingerprint density at radius 2 is 2.14 bits per heavy atom. The molecular formula is C15H20N2O3S. The van der Waals surface area contributed by atoms with Gasteiger partial charge in [-0.1, -0.05) is 23.5 Å². The van der Waals surface area contributed by atoms with Gasteiger partial charge in [-0.05, 0) is 17.7 Å². The Morgan fingerprint density at radius 3 is 2.81 bits per heavy atom. The Morgan fingerprint density at radius 1 is 1.33 bits per heavy atom. The molecule has 0 fully saturated rings. The van der Waals surface area contributed by atoms with E-state index in [4.69, 9.17) is 9.47 Å². The number of benzene rings is 1. The maximum Gasteiger partial charge on any atom is 0.185 e. The smallest absolute Gasteiger partial charge is 0.185 e. The minimum absolute atomic E-state index is 0.0106. The fourth-order valence-corrected chi connectivity index (χ4v) is 2.90. The number of anilines is 1. The number of aliphatic hydroxyl groups excluding tert-OH is 1. The molecule has 1 aromatic carbocycles. The SMILES string of the molecule is COCc1nc(N(C)Cc2cccc(OC)c2)sc1CO. The van der Waals surface area contributed by atoms with Gasteiger partial charge in [-0.2, -0.15) is 0 Å². The molecule has 0 aliphatic carbocycles. The first-order chi connectivity index (χ1) is 10.2. The molecule has 6 heteroatoms. The van der Waals surface area contributed by atoms with Crippen molar-refractivity contribution in [2.45, 2.75) is 19.8 Å². The maximum atomic E-state index is 9.38. The van der Waals surface area contributed by atoms with Crippen LogP contribution in [0.2, 0.25) is 0 Å². The lowest BCUT2D eigenvalue weighted by atomic mass is 10.2. The van der Waals surface area contributed by atoms with Crippen LogP contribution in [0.25, 0.3) is 0 Å². The van der Waals surface area contributed by atoms with Crippen molar-refractivity contribution in [2.24, 2.45) is 0 Å². The van der Waals surface area contributed by atoms with Gasteiger partial charge in [0.15, 0.2) is 5.13 Å². The van der Waals surface area contributed by atoms with Crippen LogP contribution in [0.15, 0.2) is 24.3 Å². The van der Waals surface area contributed by atoms with Crippen LogP contribution in [0.4, 0.5) is 5.13 Å². The van der Waals surface area contributed by atoms with Crippen LogP contribution in [-0.2, 0) is 24.5 Å². The summed E-state index contributed by atoms with van der Waals surface area (Å²) in [4.78, 5) is 7.44. The van der Waals surface area contributed by atoms with Crippen molar-refractivity contribution in [3.63, 3.8) is 0 Å². The van der Waals surface area contributed by atoms with Gasteiger partial charge in [0.25, 0.3) is 0 Å². The molecule has 5 nitrogen and oxygen atoms in total. The molecule has 0 saturated carbocycles. The number of nitrogens with zero attached hydrogens (tertiary/aromatic N) is 2. The number of thiazole rings is 1. The predicted molar refractivity (Wildman–Crippen MR) is 83.9 cm³/mol. The molecule has 2 rings (SSSR count). The molecule has 0 radical (unpaired) electrons. The molecule has 0 atom stereocenters. The van der Waals surface area contributed by atoms with Crippen molar-refractivity contribution < 1.29 is 14.6 Å². The number of aliphatic hydroxyl groups is 1. The molecule has 0 aliphatic heterocycles. The van der Waals surface area contributed by atoms with Gasteiger partial charge in [0, 0.05) is 20.7 Å². The highest BCUT2D eigenvalue weighted by atomic mass is 32.1. The highest BCUT2D eigenvalue weighted by Gasteiger charge is 2.13. The van der Waals surface area contributed by atoms with Crippen LogP contribution in [-0.4, -0.2) is 31.4 Å². The van der Waals surface area contributed by atoms with Gasteiger partial charge in [-0.25, -0.2) is 4.98 Å². The summed E-state index contributed by atoms with van der Waals surface area (Å²) in [5.74, 6) is 0.844. The van der Waals surface area contributed by atoms with E-state index < -0.39 is 0 Å². The van der Waals surface area contributed by atoms with Crippen LogP contribution in [0.5, 0.6) is 5.75 Å². The summed E-state index contributed by atoms with van der Waals surface area (Å²) in [7, 11) is 5.27. The van der Waals surface area contributed by atoms with Crippen LogP contribution in [0, 0.1) is 0 Å². The predicted octanol–water partition coefficient (Wildman–Crippen LogP) is 2.43. The molecule has 0 aliphatic rings.